The largest absolute Gasteiger partial charge is 0.490 e. The van der Waals surface area contributed by atoms with Crippen molar-refractivity contribution in [2.24, 2.45) is 0 Å². The van der Waals surface area contributed by atoms with E-state index in [0.717, 1.165) is 22.4 Å². The van der Waals surface area contributed by atoms with E-state index in [-0.39, 0.29) is 5.78 Å². The maximum Gasteiger partial charge on any atom is 0.159 e. The van der Waals surface area contributed by atoms with Gasteiger partial charge in [0.25, 0.3) is 0 Å². The summed E-state index contributed by atoms with van der Waals surface area (Å²) < 4.78 is 5.72. The number of Topliss-reactive ketones (excluding diaryl/α,β-unsaturated/α-hetero) is 1. The first-order chi connectivity index (χ1) is 9.22. The molecule has 1 aliphatic carbocycles. The van der Waals surface area contributed by atoms with Crippen LogP contribution in [-0.4, -0.2) is 11.9 Å². The summed E-state index contributed by atoms with van der Waals surface area (Å²) in [4.78, 5) is 11.2. The fourth-order valence-corrected chi connectivity index (χ4v) is 2.00. The van der Waals surface area contributed by atoms with Gasteiger partial charge in [0.05, 0.1) is 6.10 Å². The second-order valence-electron chi connectivity index (χ2n) is 4.98. The van der Waals surface area contributed by atoms with Gasteiger partial charge in [-0.2, -0.15) is 0 Å². The van der Waals surface area contributed by atoms with E-state index in [2.05, 4.69) is 12.1 Å². The molecule has 0 bridgehead atoms. The lowest BCUT2D eigenvalue weighted by molar-refractivity contribution is 0.101. The molecule has 2 nitrogen and oxygen atoms in total. The van der Waals surface area contributed by atoms with Crippen LogP contribution >= 0.6 is 0 Å². The molecule has 96 valence electrons. The topological polar surface area (TPSA) is 26.3 Å². The maximum atomic E-state index is 11.2. The molecule has 2 aromatic carbocycles. The van der Waals surface area contributed by atoms with Crippen LogP contribution in [0.3, 0.4) is 0 Å². The molecule has 0 spiro atoms. The Kier molecular flexibility index (Phi) is 3.08. The van der Waals surface area contributed by atoms with Gasteiger partial charge in [0.2, 0.25) is 0 Å². The van der Waals surface area contributed by atoms with Crippen LogP contribution in [0.5, 0.6) is 5.75 Å². The third-order valence-corrected chi connectivity index (χ3v) is 3.31. The molecule has 0 saturated heterocycles. The van der Waals surface area contributed by atoms with Gasteiger partial charge < -0.3 is 4.74 Å². The highest BCUT2D eigenvalue weighted by molar-refractivity contribution is 5.94. The van der Waals surface area contributed by atoms with Crippen molar-refractivity contribution in [3.63, 3.8) is 0 Å². The molecule has 0 radical (unpaired) electrons. The number of rotatable bonds is 4. The Morgan fingerprint density at radius 3 is 1.95 bits per heavy atom. The van der Waals surface area contributed by atoms with Crippen molar-refractivity contribution in [3.05, 3.63) is 54.1 Å². The average molecular weight is 252 g/mol. The molecular weight excluding hydrogens is 236 g/mol. The summed E-state index contributed by atoms with van der Waals surface area (Å²) in [6, 6.07) is 15.8. The Hall–Kier alpha value is -2.09. The molecule has 0 N–H and O–H groups in total. The summed E-state index contributed by atoms with van der Waals surface area (Å²) in [6.45, 7) is 1.58. The first-order valence-electron chi connectivity index (χ1n) is 6.60. The summed E-state index contributed by atoms with van der Waals surface area (Å²) in [5.74, 6) is 1.03. The van der Waals surface area contributed by atoms with Crippen molar-refractivity contribution in [2.75, 3.05) is 0 Å². The van der Waals surface area contributed by atoms with Crippen LogP contribution in [0.15, 0.2) is 48.5 Å². The molecule has 2 aromatic rings. The molecule has 2 heteroatoms. The van der Waals surface area contributed by atoms with Crippen LogP contribution in [0, 0.1) is 0 Å². The summed E-state index contributed by atoms with van der Waals surface area (Å²) in [5.41, 5.74) is 3.00. The fraction of sp³-hybridized carbons (Fsp3) is 0.235. The Labute approximate surface area is 113 Å². The van der Waals surface area contributed by atoms with Gasteiger partial charge in [-0.15, -0.1) is 0 Å². The Morgan fingerprint density at radius 2 is 1.47 bits per heavy atom. The van der Waals surface area contributed by atoms with Gasteiger partial charge >= 0.3 is 0 Å². The summed E-state index contributed by atoms with van der Waals surface area (Å²) in [6.07, 6.45) is 2.78. The molecule has 1 saturated carbocycles. The van der Waals surface area contributed by atoms with Crippen LogP contribution in [0.2, 0.25) is 0 Å². The minimum Gasteiger partial charge on any atom is -0.490 e. The molecule has 0 atom stereocenters. The monoisotopic (exact) mass is 252 g/mol. The van der Waals surface area contributed by atoms with E-state index in [1.165, 1.54) is 12.8 Å². The molecule has 19 heavy (non-hydrogen) atoms. The van der Waals surface area contributed by atoms with E-state index in [0.29, 0.717) is 6.10 Å². The van der Waals surface area contributed by atoms with Crippen molar-refractivity contribution >= 4 is 5.78 Å². The molecular formula is C17H16O2. The number of carbonyl (C=O) groups is 1. The van der Waals surface area contributed by atoms with Gasteiger partial charge in [0, 0.05) is 5.56 Å². The van der Waals surface area contributed by atoms with E-state index >= 15 is 0 Å². The van der Waals surface area contributed by atoms with E-state index in [9.17, 15) is 4.79 Å². The molecule has 0 amide bonds. The van der Waals surface area contributed by atoms with Crippen LogP contribution < -0.4 is 4.74 Å². The Balaban J connectivity index is 1.78. The van der Waals surface area contributed by atoms with Gasteiger partial charge in [0.15, 0.2) is 5.78 Å². The minimum atomic E-state index is 0.0970. The third kappa shape index (κ3) is 2.84. The molecule has 3 rings (SSSR count). The predicted octanol–water partition coefficient (Wildman–Crippen LogP) is 4.10. The van der Waals surface area contributed by atoms with Gasteiger partial charge in [-0.25, -0.2) is 0 Å². The summed E-state index contributed by atoms with van der Waals surface area (Å²) in [5, 5.41) is 0. The zero-order valence-electron chi connectivity index (χ0n) is 10.9. The minimum absolute atomic E-state index is 0.0970. The van der Waals surface area contributed by atoms with Crippen molar-refractivity contribution in [2.45, 2.75) is 25.9 Å². The zero-order valence-corrected chi connectivity index (χ0v) is 10.9. The highest BCUT2D eigenvalue weighted by Crippen LogP contribution is 2.28. The Morgan fingerprint density at radius 1 is 0.947 bits per heavy atom. The van der Waals surface area contributed by atoms with Gasteiger partial charge in [-0.1, -0.05) is 36.4 Å². The van der Waals surface area contributed by atoms with Crippen LogP contribution in [0.1, 0.15) is 30.1 Å². The second kappa shape index (κ2) is 4.88. The first-order valence-corrected chi connectivity index (χ1v) is 6.60. The van der Waals surface area contributed by atoms with Crippen molar-refractivity contribution in [3.8, 4) is 16.9 Å². The highest BCUT2D eigenvalue weighted by atomic mass is 16.5. The molecule has 0 heterocycles. The van der Waals surface area contributed by atoms with Crippen LogP contribution in [-0.2, 0) is 0 Å². The second-order valence-corrected chi connectivity index (χ2v) is 4.98. The number of hydrogen-bond donors (Lipinski definition) is 0. The number of ketones is 1. The predicted molar refractivity (Wildman–Crippen MR) is 75.5 cm³/mol. The van der Waals surface area contributed by atoms with Crippen LogP contribution in [0.4, 0.5) is 0 Å². The quantitative estimate of drug-likeness (QED) is 0.766. The van der Waals surface area contributed by atoms with E-state index in [1.54, 1.807) is 6.92 Å². The zero-order chi connectivity index (χ0) is 13.2. The van der Waals surface area contributed by atoms with Gasteiger partial charge in [0.1, 0.15) is 5.75 Å². The summed E-state index contributed by atoms with van der Waals surface area (Å²) in [7, 11) is 0. The van der Waals surface area contributed by atoms with E-state index < -0.39 is 0 Å². The first kappa shape index (κ1) is 12.0. The SMILES string of the molecule is CC(=O)c1ccc(-c2ccc(OC3CC3)cc2)cc1. The lowest BCUT2D eigenvalue weighted by Crippen LogP contribution is -1.95. The molecule has 0 unspecified atom stereocenters. The number of carbonyl (C=O) groups excluding carboxylic acids is 1. The van der Waals surface area contributed by atoms with Crippen LogP contribution in [0.25, 0.3) is 11.1 Å². The van der Waals surface area contributed by atoms with Crippen molar-refractivity contribution in [1.29, 1.82) is 0 Å². The normalized spacial score (nSPS) is 14.2. The summed E-state index contributed by atoms with van der Waals surface area (Å²) >= 11 is 0. The van der Waals surface area contributed by atoms with Gasteiger partial charge in [-0.3, -0.25) is 4.79 Å². The third-order valence-electron chi connectivity index (χ3n) is 3.31. The molecule has 1 fully saturated rings. The van der Waals surface area contributed by atoms with E-state index in [4.69, 9.17) is 4.74 Å². The molecule has 1 aliphatic rings. The standard InChI is InChI=1S/C17H16O2/c1-12(18)13-2-4-14(5-3-13)15-6-8-16(9-7-15)19-17-10-11-17/h2-9,17H,10-11H2,1H3. The van der Waals surface area contributed by atoms with E-state index in [1.807, 2.05) is 36.4 Å². The maximum absolute atomic E-state index is 11.2. The van der Waals surface area contributed by atoms with Crippen molar-refractivity contribution in [1.82, 2.24) is 0 Å². The fourth-order valence-electron chi connectivity index (χ4n) is 2.00. The number of ether oxygens (including phenoxy) is 1. The number of hydrogen-bond acceptors (Lipinski definition) is 2. The lowest BCUT2D eigenvalue weighted by Gasteiger charge is -2.06. The smallest absolute Gasteiger partial charge is 0.159 e. The number of benzene rings is 2. The molecule has 0 aromatic heterocycles. The lowest BCUT2D eigenvalue weighted by atomic mass is 10.0. The van der Waals surface area contributed by atoms with Crippen molar-refractivity contribution < 1.29 is 9.53 Å². The highest BCUT2D eigenvalue weighted by Gasteiger charge is 2.23. The average Bonchev–Trinajstić information content (AvgIpc) is 3.24. The van der Waals surface area contributed by atoms with Gasteiger partial charge in [-0.05, 0) is 43.0 Å². The Bertz CT molecular complexity index is 578. The molecule has 0 aliphatic heterocycles.